The van der Waals surface area contributed by atoms with Crippen molar-refractivity contribution in [3.05, 3.63) is 23.0 Å². The van der Waals surface area contributed by atoms with E-state index in [4.69, 9.17) is 26.8 Å². The van der Waals surface area contributed by atoms with Crippen LogP contribution in [-0.2, 0) is 9.47 Å². The first kappa shape index (κ1) is 15.0. The van der Waals surface area contributed by atoms with Gasteiger partial charge in [-0.2, -0.15) is 0 Å². The Morgan fingerprint density at radius 2 is 1.78 bits per heavy atom. The summed E-state index contributed by atoms with van der Waals surface area (Å²) in [6, 6.07) is 2.75. The van der Waals surface area contributed by atoms with Gasteiger partial charge in [0.2, 0.25) is 0 Å². The Morgan fingerprint density at radius 3 is 2.28 bits per heavy atom. The van der Waals surface area contributed by atoms with Crippen LogP contribution in [0, 0.1) is 5.82 Å². The van der Waals surface area contributed by atoms with Crippen molar-refractivity contribution in [2.45, 2.75) is 0 Å². The predicted molar refractivity (Wildman–Crippen MR) is 71.8 cm³/mol. The van der Waals surface area contributed by atoms with Crippen molar-refractivity contribution in [1.29, 1.82) is 0 Å². The molecule has 1 aromatic rings. The zero-order valence-corrected chi connectivity index (χ0v) is 11.3. The monoisotopic (exact) mass is 276 g/mol. The number of ether oxygens (including phenoxy) is 2. The van der Waals surface area contributed by atoms with E-state index in [1.807, 2.05) is 4.90 Å². The molecule has 1 rings (SSSR count). The first-order chi connectivity index (χ1) is 8.60. The van der Waals surface area contributed by atoms with Crippen LogP contribution in [0.15, 0.2) is 12.1 Å². The lowest BCUT2D eigenvalue weighted by molar-refractivity contribution is 0.190. The van der Waals surface area contributed by atoms with Crippen LogP contribution in [0.1, 0.15) is 0 Å². The lowest BCUT2D eigenvalue weighted by Gasteiger charge is -2.25. The number of hydrogen-bond donors (Lipinski definition) is 1. The maximum atomic E-state index is 13.2. The fourth-order valence-electron chi connectivity index (χ4n) is 1.58. The highest BCUT2D eigenvalue weighted by Gasteiger charge is 2.13. The van der Waals surface area contributed by atoms with E-state index in [0.29, 0.717) is 37.7 Å². The van der Waals surface area contributed by atoms with E-state index in [1.165, 1.54) is 12.1 Å². The van der Waals surface area contributed by atoms with Crippen LogP contribution in [0.3, 0.4) is 0 Å². The molecular weight excluding hydrogens is 259 g/mol. The molecule has 1 aromatic carbocycles. The molecule has 0 saturated carbocycles. The summed E-state index contributed by atoms with van der Waals surface area (Å²) in [5, 5.41) is 0.0547. The van der Waals surface area contributed by atoms with E-state index < -0.39 is 5.82 Å². The second-order valence-electron chi connectivity index (χ2n) is 3.80. The molecule has 0 spiro atoms. The third kappa shape index (κ3) is 4.01. The summed E-state index contributed by atoms with van der Waals surface area (Å²) in [5.41, 5.74) is 6.85. The van der Waals surface area contributed by atoms with E-state index in [0.717, 1.165) is 0 Å². The average Bonchev–Trinajstić information content (AvgIpc) is 2.35. The van der Waals surface area contributed by atoms with Gasteiger partial charge in [0.15, 0.2) is 0 Å². The minimum atomic E-state index is -0.517. The van der Waals surface area contributed by atoms with Crippen LogP contribution in [0.4, 0.5) is 15.8 Å². The number of anilines is 2. The van der Waals surface area contributed by atoms with Gasteiger partial charge < -0.3 is 20.1 Å². The Hall–Kier alpha value is -1.04. The molecule has 0 fully saturated rings. The van der Waals surface area contributed by atoms with Gasteiger partial charge in [0.1, 0.15) is 5.82 Å². The van der Waals surface area contributed by atoms with Crippen molar-refractivity contribution < 1.29 is 13.9 Å². The molecule has 0 radical (unpaired) electrons. The molecule has 6 heteroatoms. The van der Waals surface area contributed by atoms with Gasteiger partial charge in [-0.05, 0) is 6.07 Å². The average molecular weight is 277 g/mol. The van der Waals surface area contributed by atoms with Crippen LogP contribution < -0.4 is 10.6 Å². The third-order valence-electron chi connectivity index (χ3n) is 2.54. The van der Waals surface area contributed by atoms with Gasteiger partial charge in [0, 0.05) is 33.4 Å². The number of rotatable bonds is 7. The first-order valence-electron chi connectivity index (χ1n) is 5.57. The number of benzene rings is 1. The number of methoxy groups -OCH3 is 2. The molecule has 102 valence electrons. The Kier molecular flexibility index (Phi) is 6.18. The molecule has 4 nitrogen and oxygen atoms in total. The fraction of sp³-hybridized carbons (Fsp3) is 0.500. The van der Waals surface area contributed by atoms with Crippen LogP contribution in [0.5, 0.6) is 0 Å². The Labute approximate surface area is 111 Å². The highest BCUT2D eigenvalue weighted by atomic mass is 35.5. The van der Waals surface area contributed by atoms with E-state index in [-0.39, 0.29) is 5.02 Å². The zero-order valence-electron chi connectivity index (χ0n) is 10.6. The van der Waals surface area contributed by atoms with Gasteiger partial charge in [0.05, 0.1) is 29.6 Å². The van der Waals surface area contributed by atoms with Crippen LogP contribution in [0.2, 0.25) is 5.02 Å². The summed E-state index contributed by atoms with van der Waals surface area (Å²) in [6.07, 6.45) is 0. The molecule has 0 aromatic heterocycles. The molecule has 0 unspecified atom stereocenters. The van der Waals surface area contributed by atoms with Gasteiger partial charge in [-0.1, -0.05) is 11.6 Å². The van der Waals surface area contributed by atoms with E-state index >= 15 is 0 Å². The summed E-state index contributed by atoms with van der Waals surface area (Å²) in [6.45, 7) is 2.34. The molecule has 0 heterocycles. The van der Waals surface area contributed by atoms with Crippen LogP contribution in [-0.4, -0.2) is 40.5 Å². The summed E-state index contributed by atoms with van der Waals surface area (Å²) in [7, 11) is 3.24. The van der Waals surface area contributed by atoms with Crippen molar-refractivity contribution >= 4 is 23.0 Å². The minimum absolute atomic E-state index is 0.0547. The molecule has 2 N–H and O–H groups in total. The van der Waals surface area contributed by atoms with Gasteiger partial charge in [-0.3, -0.25) is 0 Å². The SMILES string of the molecule is COCCN(CCOC)c1cc(Cl)c(F)cc1N. The summed E-state index contributed by atoms with van der Waals surface area (Å²) in [4.78, 5) is 1.95. The van der Waals surface area contributed by atoms with Crippen LogP contribution in [0.25, 0.3) is 0 Å². The number of nitrogens with zero attached hydrogens (tertiary/aromatic N) is 1. The van der Waals surface area contributed by atoms with Crippen molar-refractivity contribution in [3.8, 4) is 0 Å². The number of nitrogens with two attached hydrogens (primary N) is 1. The Balaban J connectivity index is 2.92. The Bertz CT molecular complexity index is 383. The molecule has 18 heavy (non-hydrogen) atoms. The lowest BCUT2D eigenvalue weighted by atomic mass is 10.2. The third-order valence-corrected chi connectivity index (χ3v) is 2.83. The molecule has 0 aliphatic rings. The molecule has 0 saturated heterocycles. The van der Waals surface area contributed by atoms with E-state index in [2.05, 4.69) is 0 Å². The second-order valence-corrected chi connectivity index (χ2v) is 4.20. The predicted octanol–water partition coefficient (Wildman–Crippen LogP) is 2.16. The molecular formula is C12H18ClFN2O2. The van der Waals surface area contributed by atoms with Gasteiger partial charge in [-0.25, -0.2) is 4.39 Å². The molecule has 0 aliphatic carbocycles. The molecule has 0 bridgehead atoms. The van der Waals surface area contributed by atoms with E-state index in [9.17, 15) is 4.39 Å². The fourth-order valence-corrected chi connectivity index (χ4v) is 1.74. The Morgan fingerprint density at radius 1 is 1.22 bits per heavy atom. The van der Waals surface area contributed by atoms with Crippen molar-refractivity contribution in [2.24, 2.45) is 0 Å². The normalized spacial score (nSPS) is 10.7. The summed E-state index contributed by atoms with van der Waals surface area (Å²) in [5.74, 6) is -0.517. The second kappa shape index (κ2) is 7.41. The summed E-state index contributed by atoms with van der Waals surface area (Å²) >= 11 is 5.78. The molecule has 0 amide bonds. The van der Waals surface area contributed by atoms with Crippen molar-refractivity contribution in [3.63, 3.8) is 0 Å². The maximum Gasteiger partial charge on any atom is 0.143 e. The molecule has 0 atom stereocenters. The van der Waals surface area contributed by atoms with Crippen molar-refractivity contribution in [2.75, 3.05) is 51.2 Å². The summed E-state index contributed by atoms with van der Waals surface area (Å²) < 4.78 is 23.3. The standard InChI is InChI=1S/C12H18ClFN2O2/c1-17-5-3-16(4-6-18-2)12-7-9(13)10(14)8-11(12)15/h7-8H,3-6,15H2,1-2H3. The van der Waals surface area contributed by atoms with Crippen molar-refractivity contribution in [1.82, 2.24) is 0 Å². The van der Waals surface area contributed by atoms with Gasteiger partial charge in [-0.15, -0.1) is 0 Å². The zero-order chi connectivity index (χ0) is 13.5. The highest BCUT2D eigenvalue weighted by Crippen LogP contribution is 2.29. The molecule has 0 aliphatic heterocycles. The quantitative estimate of drug-likeness (QED) is 0.776. The smallest absolute Gasteiger partial charge is 0.143 e. The van der Waals surface area contributed by atoms with Gasteiger partial charge >= 0.3 is 0 Å². The number of hydrogen-bond acceptors (Lipinski definition) is 4. The van der Waals surface area contributed by atoms with Gasteiger partial charge in [0.25, 0.3) is 0 Å². The highest BCUT2D eigenvalue weighted by molar-refractivity contribution is 6.31. The number of nitrogen functional groups attached to an aromatic ring is 1. The largest absolute Gasteiger partial charge is 0.397 e. The first-order valence-corrected chi connectivity index (χ1v) is 5.95. The number of halogens is 2. The minimum Gasteiger partial charge on any atom is -0.397 e. The lowest BCUT2D eigenvalue weighted by Crippen LogP contribution is -2.31. The maximum absolute atomic E-state index is 13.2. The van der Waals surface area contributed by atoms with E-state index in [1.54, 1.807) is 14.2 Å². The topological polar surface area (TPSA) is 47.7 Å². The van der Waals surface area contributed by atoms with Crippen LogP contribution >= 0.6 is 11.6 Å².